The van der Waals surface area contributed by atoms with Gasteiger partial charge in [0.2, 0.25) is 21.8 Å². The zero-order valence-corrected chi connectivity index (χ0v) is 23.6. The van der Waals surface area contributed by atoms with Gasteiger partial charge in [-0.1, -0.05) is 45.9 Å². The van der Waals surface area contributed by atoms with Crippen LogP contribution in [-0.4, -0.2) is 56.1 Å². The highest BCUT2D eigenvalue weighted by Gasteiger charge is 2.37. The monoisotopic (exact) mass is 543 g/mol. The van der Waals surface area contributed by atoms with Crippen LogP contribution in [-0.2, 0) is 29.2 Å². The predicted octanol–water partition coefficient (Wildman–Crippen LogP) is 3.58. The molecule has 1 saturated heterocycles. The van der Waals surface area contributed by atoms with Gasteiger partial charge in [-0.05, 0) is 43.2 Å². The van der Waals surface area contributed by atoms with Gasteiger partial charge in [-0.25, -0.2) is 18.7 Å². The molecule has 0 spiro atoms. The molecule has 1 unspecified atom stereocenters. The van der Waals surface area contributed by atoms with Crippen molar-refractivity contribution >= 4 is 33.6 Å². The zero-order chi connectivity index (χ0) is 26.7. The van der Waals surface area contributed by atoms with Gasteiger partial charge in [0.15, 0.2) is 6.29 Å². The molecule has 1 aromatic carbocycles. The van der Waals surface area contributed by atoms with Gasteiger partial charge in [-0.3, -0.25) is 15.0 Å². The summed E-state index contributed by atoms with van der Waals surface area (Å²) in [6.45, 7) is 8.38. The Hall–Kier alpha value is -1.66. The Balaban J connectivity index is 2.26. The molecule has 1 fully saturated rings. The summed E-state index contributed by atoms with van der Waals surface area (Å²) in [5, 5.41) is 0. The molecule has 204 valence electrons. The maximum Gasteiger partial charge on any atom is 0.248 e. The van der Waals surface area contributed by atoms with Crippen LogP contribution >= 0.6 is 11.8 Å². The smallest absolute Gasteiger partial charge is 0.248 e. The highest BCUT2D eigenvalue weighted by molar-refractivity contribution is 7.99. The van der Waals surface area contributed by atoms with Gasteiger partial charge in [0.05, 0.1) is 18.1 Å². The van der Waals surface area contributed by atoms with E-state index < -0.39 is 40.0 Å². The quantitative estimate of drug-likeness (QED) is 0.272. The van der Waals surface area contributed by atoms with E-state index in [0.29, 0.717) is 25.2 Å². The van der Waals surface area contributed by atoms with Crippen molar-refractivity contribution < 1.29 is 27.6 Å². The number of nitrogens with zero attached hydrogens (tertiary/aromatic N) is 1. The summed E-state index contributed by atoms with van der Waals surface area (Å²) in [5.41, 5.74) is 5.11. The summed E-state index contributed by atoms with van der Waals surface area (Å²) in [7, 11) is -3.69. The van der Waals surface area contributed by atoms with Crippen molar-refractivity contribution in [1.29, 1.82) is 0 Å². The normalized spacial score (nSPS) is 18.3. The third kappa shape index (κ3) is 10.8. The van der Waals surface area contributed by atoms with E-state index in [1.165, 1.54) is 11.8 Å². The number of carbonyl (C=O) groups excluding carboxylic acids is 2. The van der Waals surface area contributed by atoms with Gasteiger partial charge in [0.25, 0.3) is 0 Å². The second-order valence-corrected chi connectivity index (χ2v) is 13.0. The number of hydroxylamine groups is 1. The third-order valence-corrected chi connectivity index (χ3v) is 7.82. The Bertz CT molecular complexity index is 921. The molecule has 0 bridgehead atoms. The lowest BCUT2D eigenvalue weighted by Gasteiger charge is -2.30. The van der Waals surface area contributed by atoms with Crippen LogP contribution < -0.4 is 10.9 Å². The summed E-state index contributed by atoms with van der Waals surface area (Å²) in [5.74, 6) is -2.05. The highest BCUT2D eigenvalue weighted by atomic mass is 32.2. The largest absolute Gasteiger partial charge is 0.350 e. The number of hydrogen-bond donors (Lipinski definition) is 2. The molecule has 0 aromatic heterocycles. The fourth-order valence-electron chi connectivity index (χ4n) is 3.84. The number of amides is 2. The molecule has 1 aliphatic rings. The molecular formula is C25H41N3O6S2. The van der Waals surface area contributed by atoms with Crippen LogP contribution in [0, 0.1) is 23.7 Å². The lowest BCUT2D eigenvalue weighted by Crippen LogP contribution is -2.52. The summed E-state index contributed by atoms with van der Waals surface area (Å²) in [4.78, 5) is 33.4. The molecule has 1 heterocycles. The van der Waals surface area contributed by atoms with Gasteiger partial charge >= 0.3 is 0 Å². The van der Waals surface area contributed by atoms with Crippen molar-refractivity contribution in [2.75, 3.05) is 25.2 Å². The average molecular weight is 544 g/mol. The van der Waals surface area contributed by atoms with Gasteiger partial charge in [-0.2, -0.15) is 0 Å². The van der Waals surface area contributed by atoms with Gasteiger partial charge in [-0.15, -0.1) is 16.2 Å². The van der Waals surface area contributed by atoms with Crippen molar-refractivity contribution in [3.63, 3.8) is 0 Å². The lowest BCUT2D eigenvalue weighted by molar-refractivity contribution is -0.202. The minimum atomic E-state index is -3.69. The van der Waals surface area contributed by atoms with Gasteiger partial charge in [0, 0.05) is 30.2 Å². The number of thioether (sulfide) groups is 1. The SMILES string of the molecule is CC(C)C[C@@H](C(=O)NN(CC(C)C)S(C)(=O)=O)[C@H](CSc1ccccc1)C(=O)NOC1CCCCO1. The number of hydrazine groups is 1. The molecule has 9 nitrogen and oxygen atoms in total. The van der Waals surface area contributed by atoms with Crippen LogP contribution in [0.25, 0.3) is 0 Å². The van der Waals surface area contributed by atoms with E-state index in [4.69, 9.17) is 9.57 Å². The Morgan fingerprint density at radius 2 is 1.78 bits per heavy atom. The Morgan fingerprint density at radius 1 is 1.08 bits per heavy atom. The maximum absolute atomic E-state index is 13.5. The van der Waals surface area contributed by atoms with Crippen molar-refractivity contribution in [3.05, 3.63) is 30.3 Å². The van der Waals surface area contributed by atoms with E-state index in [1.807, 2.05) is 58.0 Å². The summed E-state index contributed by atoms with van der Waals surface area (Å²) >= 11 is 1.47. The first kappa shape index (κ1) is 30.6. The molecule has 0 saturated carbocycles. The second kappa shape index (κ2) is 14.9. The molecule has 36 heavy (non-hydrogen) atoms. The number of hydrogen-bond acceptors (Lipinski definition) is 7. The average Bonchev–Trinajstić information content (AvgIpc) is 2.82. The van der Waals surface area contributed by atoms with E-state index in [9.17, 15) is 18.0 Å². The third-order valence-electron chi connectivity index (χ3n) is 5.65. The van der Waals surface area contributed by atoms with Crippen LogP contribution in [0.3, 0.4) is 0 Å². The number of rotatable bonds is 14. The molecule has 0 aliphatic carbocycles. The Morgan fingerprint density at radius 3 is 2.33 bits per heavy atom. The maximum atomic E-state index is 13.5. The summed E-state index contributed by atoms with van der Waals surface area (Å²) < 4.78 is 31.2. The topological polar surface area (TPSA) is 114 Å². The van der Waals surface area contributed by atoms with Gasteiger partial charge in [0.1, 0.15) is 0 Å². The van der Waals surface area contributed by atoms with Gasteiger partial charge < -0.3 is 4.74 Å². The first-order valence-electron chi connectivity index (χ1n) is 12.5. The van der Waals surface area contributed by atoms with E-state index in [0.717, 1.165) is 28.4 Å². The van der Waals surface area contributed by atoms with Crippen LogP contribution in [0.15, 0.2) is 35.2 Å². The molecule has 2 rings (SSSR count). The van der Waals surface area contributed by atoms with E-state index in [2.05, 4.69) is 10.9 Å². The first-order chi connectivity index (χ1) is 17.0. The van der Waals surface area contributed by atoms with Crippen LogP contribution in [0.2, 0.25) is 0 Å². The Kier molecular flexibility index (Phi) is 12.7. The number of ether oxygens (including phenoxy) is 1. The first-order valence-corrected chi connectivity index (χ1v) is 15.3. The predicted molar refractivity (Wildman–Crippen MR) is 141 cm³/mol. The van der Waals surface area contributed by atoms with Crippen molar-refractivity contribution in [2.45, 2.75) is 64.6 Å². The molecule has 2 amide bonds. The fraction of sp³-hybridized carbons (Fsp3) is 0.680. The number of nitrogens with one attached hydrogen (secondary N) is 2. The van der Waals surface area contributed by atoms with Crippen molar-refractivity contribution in [2.24, 2.45) is 23.7 Å². The van der Waals surface area contributed by atoms with E-state index in [-0.39, 0.29) is 18.4 Å². The molecule has 2 N–H and O–H groups in total. The van der Waals surface area contributed by atoms with Crippen LogP contribution in [0.1, 0.15) is 53.4 Å². The molecular weight excluding hydrogens is 502 g/mol. The lowest BCUT2D eigenvalue weighted by atomic mass is 9.85. The van der Waals surface area contributed by atoms with E-state index in [1.54, 1.807) is 0 Å². The van der Waals surface area contributed by atoms with Crippen molar-refractivity contribution in [1.82, 2.24) is 15.3 Å². The zero-order valence-electron chi connectivity index (χ0n) is 21.9. The highest BCUT2D eigenvalue weighted by Crippen LogP contribution is 2.29. The molecule has 3 atom stereocenters. The molecule has 11 heteroatoms. The second-order valence-electron chi connectivity index (χ2n) is 10.0. The molecule has 1 aromatic rings. The van der Waals surface area contributed by atoms with Crippen LogP contribution in [0.5, 0.6) is 0 Å². The van der Waals surface area contributed by atoms with Crippen molar-refractivity contribution in [3.8, 4) is 0 Å². The fourth-order valence-corrected chi connectivity index (χ4v) is 5.77. The molecule has 1 aliphatic heterocycles. The standard InChI is InChI=1S/C25H41N3O6S2/c1-18(2)15-21(24(29)26-28(16-19(3)4)36(5,31)32)22(17-35-20-11-7-6-8-12-20)25(30)27-34-23-13-9-10-14-33-23/h6-8,11-12,18-19,21-23H,9-10,13-17H2,1-5H3,(H,26,29)(H,27,30)/t21-,22+,23?/m1/s1. The number of sulfonamides is 1. The number of benzene rings is 1. The summed E-state index contributed by atoms with van der Waals surface area (Å²) in [6.07, 6.45) is 3.52. The Labute approximate surface area is 220 Å². The number of carbonyl (C=O) groups is 2. The minimum Gasteiger partial charge on any atom is -0.350 e. The van der Waals surface area contributed by atoms with Crippen LogP contribution in [0.4, 0.5) is 0 Å². The van der Waals surface area contributed by atoms with E-state index >= 15 is 0 Å². The summed E-state index contributed by atoms with van der Waals surface area (Å²) in [6, 6.07) is 9.62. The molecule has 0 radical (unpaired) electrons. The minimum absolute atomic E-state index is 0.000184.